The highest BCUT2D eigenvalue weighted by atomic mass is 32.1. The van der Waals surface area contributed by atoms with E-state index in [4.69, 9.17) is 15.2 Å². The van der Waals surface area contributed by atoms with Crippen LogP contribution in [0.4, 0.5) is 5.00 Å². The number of aromatic amines is 1. The van der Waals surface area contributed by atoms with Gasteiger partial charge in [-0.05, 0) is 19.1 Å². The van der Waals surface area contributed by atoms with Crippen LogP contribution >= 0.6 is 11.3 Å². The maximum Gasteiger partial charge on any atom is 0.355 e. The molecule has 0 saturated heterocycles. The standard InChI is InChI=1S/C15H17N3O5S/c1-3-22-15(21)10-8(11(13(19)17-2)24-12(10)16)7-23-14(20)9-5-4-6-18-9/h4-6,18H,3,7,16H2,1-2H3,(H,17,19). The Morgan fingerprint density at radius 2 is 2.04 bits per heavy atom. The van der Waals surface area contributed by atoms with Crippen LogP contribution in [-0.2, 0) is 16.1 Å². The number of nitrogen functional groups attached to an aromatic ring is 1. The molecule has 0 aliphatic rings. The summed E-state index contributed by atoms with van der Waals surface area (Å²) in [4.78, 5) is 39.0. The molecule has 0 bridgehead atoms. The molecule has 1 amide bonds. The predicted octanol–water partition coefficient (Wildman–Crippen LogP) is 1.55. The number of nitrogens with two attached hydrogens (primary N) is 1. The summed E-state index contributed by atoms with van der Waals surface area (Å²) in [7, 11) is 1.46. The number of carbonyl (C=O) groups excluding carboxylic acids is 3. The van der Waals surface area contributed by atoms with E-state index in [1.165, 1.54) is 7.05 Å². The first-order valence-electron chi connectivity index (χ1n) is 7.10. The third-order valence-electron chi connectivity index (χ3n) is 3.11. The average Bonchev–Trinajstić information content (AvgIpc) is 3.20. The van der Waals surface area contributed by atoms with E-state index in [1.807, 2.05) is 0 Å². The molecule has 24 heavy (non-hydrogen) atoms. The van der Waals surface area contributed by atoms with E-state index in [0.717, 1.165) is 11.3 Å². The molecular weight excluding hydrogens is 334 g/mol. The Hall–Kier alpha value is -2.81. The lowest BCUT2D eigenvalue weighted by molar-refractivity contribution is 0.0445. The van der Waals surface area contributed by atoms with Gasteiger partial charge >= 0.3 is 11.9 Å². The number of nitrogens with one attached hydrogen (secondary N) is 2. The van der Waals surface area contributed by atoms with Gasteiger partial charge in [0.25, 0.3) is 5.91 Å². The molecule has 0 saturated carbocycles. The van der Waals surface area contributed by atoms with Gasteiger partial charge in [-0.25, -0.2) is 9.59 Å². The van der Waals surface area contributed by atoms with Gasteiger partial charge in [-0.3, -0.25) is 4.79 Å². The molecule has 2 heterocycles. The van der Waals surface area contributed by atoms with Gasteiger partial charge < -0.3 is 25.5 Å². The van der Waals surface area contributed by atoms with Gasteiger partial charge in [0.05, 0.1) is 6.61 Å². The summed E-state index contributed by atoms with van der Waals surface area (Å²) in [6.07, 6.45) is 1.58. The average molecular weight is 351 g/mol. The van der Waals surface area contributed by atoms with E-state index in [9.17, 15) is 14.4 Å². The largest absolute Gasteiger partial charge is 0.462 e. The Bertz CT molecular complexity index is 752. The van der Waals surface area contributed by atoms with Crippen LogP contribution < -0.4 is 11.1 Å². The number of carbonyl (C=O) groups is 3. The highest BCUT2D eigenvalue weighted by molar-refractivity contribution is 7.18. The molecule has 0 radical (unpaired) electrons. The molecule has 0 aliphatic carbocycles. The Labute approximate surface area is 141 Å². The van der Waals surface area contributed by atoms with Crippen molar-refractivity contribution in [3.05, 3.63) is 40.0 Å². The second-order valence-electron chi connectivity index (χ2n) is 4.61. The van der Waals surface area contributed by atoms with E-state index in [-0.39, 0.29) is 39.9 Å². The monoisotopic (exact) mass is 351 g/mol. The van der Waals surface area contributed by atoms with E-state index >= 15 is 0 Å². The molecule has 0 aliphatic heterocycles. The molecule has 2 rings (SSSR count). The summed E-state index contributed by atoms with van der Waals surface area (Å²) in [5.41, 5.74) is 6.41. The van der Waals surface area contributed by atoms with Crippen LogP contribution in [0.3, 0.4) is 0 Å². The zero-order chi connectivity index (χ0) is 17.7. The number of rotatable bonds is 6. The number of aromatic nitrogens is 1. The van der Waals surface area contributed by atoms with Gasteiger partial charge in [0.1, 0.15) is 27.7 Å². The summed E-state index contributed by atoms with van der Waals surface area (Å²) < 4.78 is 10.1. The zero-order valence-electron chi connectivity index (χ0n) is 13.2. The fourth-order valence-corrected chi connectivity index (χ4v) is 3.03. The summed E-state index contributed by atoms with van der Waals surface area (Å²) in [5.74, 6) is -1.69. The summed E-state index contributed by atoms with van der Waals surface area (Å²) in [6, 6.07) is 3.20. The first-order valence-corrected chi connectivity index (χ1v) is 7.92. The van der Waals surface area contributed by atoms with Crippen molar-refractivity contribution in [2.75, 3.05) is 19.4 Å². The fraction of sp³-hybridized carbons (Fsp3) is 0.267. The molecule has 9 heteroatoms. The smallest absolute Gasteiger partial charge is 0.355 e. The Morgan fingerprint density at radius 3 is 2.62 bits per heavy atom. The van der Waals surface area contributed by atoms with Crippen molar-refractivity contribution in [1.82, 2.24) is 10.3 Å². The van der Waals surface area contributed by atoms with Crippen LogP contribution in [0.15, 0.2) is 18.3 Å². The van der Waals surface area contributed by atoms with Crippen molar-refractivity contribution in [3.8, 4) is 0 Å². The van der Waals surface area contributed by atoms with Crippen molar-refractivity contribution < 1.29 is 23.9 Å². The Kier molecular flexibility index (Phi) is 5.59. The van der Waals surface area contributed by atoms with Crippen LogP contribution in [-0.4, -0.2) is 36.5 Å². The quantitative estimate of drug-likeness (QED) is 0.679. The van der Waals surface area contributed by atoms with E-state index < -0.39 is 17.8 Å². The molecule has 128 valence electrons. The Balaban J connectivity index is 2.32. The summed E-state index contributed by atoms with van der Waals surface area (Å²) >= 11 is 0.943. The molecule has 0 aromatic carbocycles. The molecule has 4 N–H and O–H groups in total. The lowest BCUT2D eigenvalue weighted by Gasteiger charge is -2.08. The Morgan fingerprint density at radius 1 is 1.29 bits per heavy atom. The maximum atomic E-state index is 12.1. The van der Waals surface area contributed by atoms with Crippen LogP contribution in [0.2, 0.25) is 0 Å². The number of esters is 2. The van der Waals surface area contributed by atoms with E-state index in [2.05, 4.69) is 10.3 Å². The third kappa shape index (κ3) is 3.57. The van der Waals surface area contributed by atoms with E-state index in [0.29, 0.717) is 0 Å². The number of amides is 1. The first-order chi connectivity index (χ1) is 11.5. The van der Waals surface area contributed by atoms with Crippen molar-refractivity contribution in [3.63, 3.8) is 0 Å². The van der Waals surface area contributed by atoms with Gasteiger partial charge in [0, 0.05) is 18.8 Å². The fourth-order valence-electron chi connectivity index (χ4n) is 2.02. The first kappa shape index (κ1) is 17.5. The van der Waals surface area contributed by atoms with Crippen molar-refractivity contribution in [1.29, 1.82) is 0 Å². The lowest BCUT2D eigenvalue weighted by Crippen LogP contribution is -2.20. The van der Waals surface area contributed by atoms with Gasteiger partial charge in [-0.1, -0.05) is 0 Å². The van der Waals surface area contributed by atoms with E-state index in [1.54, 1.807) is 25.3 Å². The molecule has 2 aromatic rings. The van der Waals surface area contributed by atoms with Crippen LogP contribution in [0.5, 0.6) is 0 Å². The number of anilines is 1. The lowest BCUT2D eigenvalue weighted by atomic mass is 10.1. The minimum Gasteiger partial charge on any atom is -0.462 e. The summed E-state index contributed by atoms with van der Waals surface area (Å²) in [6.45, 7) is 1.54. The number of ether oxygens (including phenoxy) is 2. The minimum absolute atomic E-state index is 0.0553. The molecule has 0 atom stereocenters. The number of H-pyrrole nitrogens is 1. The number of hydrogen-bond donors (Lipinski definition) is 3. The number of hydrogen-bond acceptors (Lipinski definition) is 7. The predicted molar refractivity (Wildman–Crippen MR) is 88.0 cm³/mol. The normalized spacial score (nSPS) is 10.2. The maximum absolute atomic E-state index is 12.1. The molecule has 2 aromatic heterocycles. The van der Waals surface area contributed by atoms with Crippen LogP contribution in [0, 0.1) is 0 Å². The van der Waals surface area contributed by atoms with Crippen LogP contribution in [0.25, 0.3) is 0 Å². The highest BCUT2D eigenvalue weighted by Gasteiger charge is 2.27. The zero-order valence-corrected chi connectivity index (χ0v) is 14.0. The van der Waals surface area contributed by atoms with Crippen molar-refractivity contribution >= 4 is 34.2 Å². The van der Waals surface area contributed by atoms with Gasteiger partial charge in [0.2, 0.25) is 0 Å². The van der Waals surface area contributed by atoms with Crippen molar-refractivity contribution in [2.45, 2.75) is 13.5 Å². The molecule has 0 unspecified atom stereocenters. The third-order valence-corrected chi connectivity index (χ3v) is 4.17. The minimum atomic E-state index is -0.660. The van der Waals surface area contributed by atoms with Crippen molar-refractivity contribution in [2.24, 2.45) is 0 Å². The summed E-state index contributed by atoms with van der Waals surface area (Å²) in [5, 5.41) is 2.60. The molecule has 0 fully saturated rings. The van der Waals surface area contributed by atoms with Gasteiger partial charge in [-0.15, -0.1) is 11.3 Å². The number of thiophene rings is 1. The van der Waals surface area contributed by atoms with Gasteiger partial charge in [0.15, 0.2) is 0 Å². The molecule has 0 spiro atoms. The second kappa shape index (κ2) is 7.64. The van der Waals surface area contributed by atoms with Gasteiger partial charge in [-0.2, -0.15) is 0 Å². The second-order valence-corrected chi connectivity index (χ2v) is 5.66. The van der Waals surface area contributed by atoms with Crippen LogP contribution in [0.1, 0.15) is 43.0 Å². The topological polar surface area (TPSA) is 124 Å². The molecule has 8 nitrogen and oxygen atoms in total. The molecular formula is C15H17N3O5S. The SMILES string of the molecule is CCOC(=O)c1c(N)sc(C(=O)NC)c1COC(=O)c1ccc[nH]1. The highest BCUT2D eigenvalue weighted by Crippen LogP contribution is 2.32.